The number of rotatable bonds is 7. The van der Waals surface area contributed by atoms with Crippen molar-refractivity contribution < 1.29 is 4.74 Å². The number of methoxy groups -OCH3 is 1. The Morgan fingerprint density at radius 1 is 1.29 bits per heavy atom. The Hall–Kier alpha value is -1.22. The number of benzene rings is 1. The zero-order valence-corrected chi connectivity index (χ0v) is 11.4. The SMILES string of the molecule is COc1ccccc1N(C)CCCNC(C)C. The van der Waals surface area contributed by atoms with Crippen molar-refractivity contribution in [1.29, 1.82) is 0 Å². The minimum atomic E-state index is 0.562. The summed E-state index contributed by atoms with van der Waals surface area (Å²) in [6, 6.07) is 8.69. The lowest BCUT2D eigenvalue weighted by Crippen LogP contribution is -2.27. The van der Waals surface area contributed by atoms with E-state index in [2.05, 4.69) is 37.2 Å². The summed E-state index contributed by atoms with van der Waals surface area (Å²) >= 11 is 0. The summed E-state index contributed by atoms with van der Waals surface area (Å²) in [5.74, 6) is 0.937. The molecule has 0 saturated carbocycles. The van der Waals surface area contributed by atoms with E-state index in [1.54, 1.807) is 7.11 Å². The highest BCUT2D eigenvalue weighted by molar-refractivity contribution is 5.57. The molecule has 0 bridgehead atoms. The van der Waals surface area contributed by atoms with Crippen LogP contribution >= 0.6 is 0 Å². The quantitative estimate of drug-likeness (QED) is 0.736. The van der Waals surface area contributed by atoms with Crippen molar-refractivity contribution in [2.75, 3.05) is 32.1 Å². The Morgan fingerprint density at radius 2 is 2.00 bits per heavy atom. The van der Waals surface area contributed by atoms with Gasteiger partial charge in [-0.05, 0) is 25.1 Å². The fourth-order valence-electron chi connectivity index (χ4n) is 1.77. The Bertz CT molecular complexity index is 326. The number of ether oxygens (including phenoxy) is 1. The first-order valence-electron chi connectivity index (χ1n) is 6.22. The topological polar surface area (TPSA) is 24.5 Å². The van der Waals surface area contributed by atoms with E-state index in [9.17, 15) is 0 Å². The molecule has 0 atom stereocenters. The highest BCUT2D eigenvalue weighted by atomic mass is 16.5. The third-order valence-corrected chi connectivity index (χ3v) is 2.72. The second-order valence-electron chi connectivity index (χ2n) is 4.56. The predicted molar refractivity (Wildman–Crippen MR) is 74.0 cm³/mol. The van der Waals surface area contributed by atoms with Crippen LogP contribution in [0.15, 0.2) is 24.3 Å². The number of anilines is 1. The van der Waals surface area contributed by atoms with Crippen LogP contribution in [0.1, 0.15) is 20.3 Å². The summed E-state index contributed by atoms with van der Waals surface area (Å²) in [6.45, 7) is 6.42. The van der Waals surface area contributed by atoms with E-state index in [1.165, 1.54) is 0 Å². The predicted octanol–water partition coefficient (Wildman–Crippen LogP) is 2.52. The molecule has 0 aromatic heterocycles. The summed E-state index contributed by atoms with van der Waals surface area (Å²) in [7, 11) is 3.82. The lowest BCUT2D eigenvalue weighted by atomic mass is 10.2. The molecule has 0 heterocycles. The molecular weight excluding hydrogens is 212 g/mol. The standard InChI is InChI=1S/C14H24N2O/c1-12(2)15-10-7-11-16(3)13-8-5-6-9-14(13)17-4/h5-6,8-9,12,15H,7,10-11H2,1-4H3. The average molecular weight is 236 g/mol. The highest BCUT2D eigenvalue weighted by Crippen LogP contribution is 2.26. The molecule has 0 fully saturated rings. The van der Waals surface area contributed by atoms with Gasteiger partial charge in [-0.25, -0.2) is 0 Å². The number of hydrogen-bond acceptors (Lipinski definition) is 3. The maximum Gasteiger partial charge on any atom is 0.142 e. The first kappa shape index (κ1) is 13.8. The van der Waals surface area contributed by atoms with Gasteiger partial charge in [-0.1, -0.05) is 26.0 Å². The van der Waals surface area contributed by atoms with Gasteiger partial charge in [0.25, 0.3) is 0 Å². The molecule has 1 rings (SSSR count). The van der Waals surface area contributed by atoms with Gasteiger partial charge >= 0.3 is 0 Å². The first-order chi connectivity index (χ1) is 8.15. The van der Waals surface area contributed by atoms with E-state index in [0.29, 0.717) is 6.04 Å². The monoisotopic (exact) mass is 236 g/mol. The van der Waals surface area contributed by atoms with E-state index < -0.39 is 0 Å². The lowest BCUT2D eigenvalue weighted by molar-refractivity contribution is 0.414. The van der Waals surface area contributed by atoms with Crippen LogP contribution in [0.4, 0.5) is 5.69 Å². The second-order valence-corrected chi connectivity index (χ2v) is 4.56. The van der Waals surface area contributed by atoms with E-state index in [-0.39, 0.29) is 0 Å². The first-order valence-corrected chi connectivity index (χ1v) is 6.22. The molecule has 1 aromatic rings. The molecule has 0 aliphatic carbocycles. The average Bonchev–Trinajstić information content (AvgIpc) is 2.34. The molecule has 1 aromatic carbocycles. The molecule has 0 unspecified atom stereocenters. The van der Waals surface area contributed by atoms with Crippen LogP contribution in [0.2, 0.25) is 0 Å². The third kappa shape index (κ3) is 4.65. The number of nitrogens with zero attached hydrogens (tertiary/aromatic N) is 1. The Kier molecular flexibility index (Phi) is 5.84. The smallest absolute Gasteiger partial charge is 0.142 e. The van der Waals surface area contributed by atoms with Crippen molar-refractivity contribution in [3.05, 3.63) is 24.3 Å². The fraction of sp³-hybridized carbons (Fsp3) is 0.571. The molecule has 0 spiro atoms. The Balaban J connectivity index is 2.43. The Morgan fingerprint density at radius 3 is 2.65 bits per heavy atom. The molecule has 0 radical (unpaired) electrons. The number of nitrogens with one attached hydrogen (secondary N) is 1. The van der Waals surface area contributed by atoms with Crippen LogP contribution in [0.25, 0.3) is 0 Å². The molecule has 17 heavy (non-hydrogen) atoms. The fourth-order valence-corrected chi connectivity index (χ4v) is 1.77. The van der Waals surface area contributed by atoms with Gasteiger partial charge in [0, 0.05) is 19.6 Å². The van der Waals surface area contributed by atoms with E-state index >= 15 is 0 Å². The molecular formula is C14H24N2O. The van der Waals surface area contributed by atoms with Crippen LogP contribution in [0.5, 0.6) is 5.75 Å². The third-order valence-electron chi connectivity index (χ3n) is 2.72. The van der Waals surface area contributed by atoms with Gasteiger partial charge in [-0.2, -0.15) is 0 Å². The summed E-state index contributed by atoms with van der Waals surface area (Å²) < 4.78 is 5.35. The maximum atomic E-state index is 5.35. The zero-order valence-electron chi connectivity index (χ0n) is 11.4. The van der Waals surface area contributed by atoms with E-state index in [4.69, 9.17) is 4.74 Å². The van der Waals surface area contributed by atoms with Crippen LogP contribution in [0.3, 0.4) is 0 Å². The van der Waals surface area contributed by atoms with Gasteiger partial charge in [-0.15, -0.1) is 0 Å². The summed E-state index contributed by atoms with van der Waals surface area (Å²) in [4.78, 5) is 2.24. The molecule has 3 nitrogen and oxygen atoms in total. The summed E-state index contributed by atoms with van der Waals surface area (Å²) in [6.07, 6.45) is 1.13. The largest absolute Gasteiger partial charge is 0.495 e. The normalized spacial score (nSPS) is 10.6. The molecule has 0 saturated heterocycles. The second kappa shape index (κ2) is 7.17. The van der Waals surface area contributed by atoms with Gasteiger partial charge < -0.3 is 15.0 Å². The molecule has 3 heteroatoms. The van der Waals surface area contributed by atoms with Gasteiger partial charge in [0.2, 0.25) is 0 Å². The zero-order chi connectivity index (χ0) is 12.7. The highest BCUT2D eigenvalue weighted by Gasteiger charge is 2.06. The van der Waals surface area contributed by atoms with E-state index in [0.717, 1.165) is 30.9 Å². The van der Waals surface area contributed by atoms with Crippen LogP contribution in [-0.2, 0) is 0 Å². The van der Waals surface area contributed by atoms with Gasteiger partial charge in [0.1, 0.15) is 5.75 Å². The van der Waals surface area contributed by atoms with Crippen LogP contribution in [0, 0.1) is 0 Å². The van der Waals surface area contributed by atoms with Crippen molar-refractivity contribution >= 4 is 5.69 Å². The molecule has 0 amide bonds. The van der Waals surface area contributed by atoms with Crippen molar-refractivity contribution in [3.63, 3.8) is 0 Å². The number of para-hydroxylation sites is 2. The molecule has 96 valence electrons. The molecule has 1 N–H and O–H groups in total. The molecule has 0 aliphatic heterocycles. The Labute approximate surface area is 105 Å². The van der Waals surface area contributed by atoms with Crippen molar-refractivity contribution in [1.82, 2.24) is 5.32 Å². The number of hydrogen-bond donors (Lipinski definition) is 1. The van der Waals surface area contributed by atoms with Gasteiger partial charge in [0.05, 0.1) is 12.8 Å². The minimum absolute atomic E-state index is 0.562. The minimum Gasteiger partial charge on any atom is -0.495 e. The van der Waals surface area contributed by atoms with Crippen LogP contribution in [-0.4, -0.2) is 33.3 Å². The van der Waals surface area contributed by atoms with Gasteiger partial charge in [-0.3, -0.25) is 0 Å². The summed E-state index contributed by atoms with van der Waals surface area (Å²) in [5, 5.41) is 3.42. The van der Waals surface area contributed by atoms with Crippen molar-refractivity contribution in [2.45, 2.75) is 26.3 Å². The van der Waals surface area contributed by atoms with E-state index in [1.807, 2.05) is 18.2 Å². The van der Waals surface area contributed by atoms with Crippen molar-refractivity contribution in [2.24, 2.45) is 0 Å². The lowest BCUT2D eigenvalue weighted by Gasteiger charge is -2.22. The van der Waals surface area contributed by atoms with Crippen molar-refractivity contribution in [3.8, 4) is 5.75 Å². The maximum absolute atomic E-state index is 5.35. The van der Waals surface area contributed by atoms with Crippen LogP contribution < -0.4 is 15.0 Å². The van der Waals surface area contributed by atoms with Gasteiger partial charge in [0.15, 0.2) is 0 Å². The molecule has 0 aliphatic rings. The summed E-state index contributed by atoms with van der Waals surface area (Å²) in [5.41, 5.74) is 1.15.